The highest BCUT2D eigenvalue weighted by atomic mass is 32.2. The Hall–Kier alpha value is 0.270. The van der Waals surface area contributed by atoms with E-state index in [0.717, 1.165) is 43.5 Å². The van der Waals surface area contributed by atoms with Gasteiger partial charge in [-0.25, -0.2) is 0 Å². The van der Waals surface area contributed by atoms with Crippen LogP contribution in [0.3, 0.4) is 0 Å². The van der Waals surface area contributed by atoms with Gasteiger partial charge in [0.2, 0.25) is 0 Å². The molecule has 0 aromatic rings. The zero-order valence-electron chi connectivity index (χ0n) is 10.8. The maximum atomic E-state index is 10.1. The number of thioether (sulfide) groups is 1. The smallest absolute Gasteiger partial charge is 0.0633 e. The van der Waals surface area contributed by atoms with Crippen LogP contribution in [0, 0.1) is 5.92 Å². The second-order valence-corrected chi connectivity index (χ2v) is 6.87. The minimum absolute atomic E-state index is 0.0926. The number of aliphatic hydroxyl groups is 1. The Morgan fingerprint density at radius 2 is 1.76 bits per heavy atom. The Morgan fingerprint density at radius 3 is 2.47 bits per heavy atom. The molecule has 0 radical (unpaired) electrons. The molecule has 1 aliphatic carbocycles. The van der Waals surface area contributed by atoms with E-state index in [2.05, 4.69) is 0 Å². The molecule has 1 atom stereocenters. The molecular formula is C14H26O2S. The molecule has 2 fully saturated rings. The molecule has 1 N–H and O–H groups in total. The third kappa shape index (κ3) is 5.19. The third-order valence-electron chi connectivity index (χ3n) is 4.02. The molecule has 1 unspecified atom stereocenters. The van der Waals surface area contributed by atoms with E-state index < -0.39 is 0 Å². The fraction of sp³-hybridized carbons (Fsp3) is 1.00. The Morgan fingerprint density at radius 1 is 1.06 bits per heavy atom. The van der Waals surface area contributed by atoms with Crippen molar-refractivity contribution >= 4 is 11.8 Å². The van der Waals surface area contributed by atoms with Gasteiger partial charge in [0.15, 0.2) is 0 Å². The van der Waals surface area contributed by atoms with Crippen molar-refractivity contribution in [3.05, 3.63) is 0 Å². The van der Waals surface area contributed by atoms with E-state index in [1.807, 2.05) is 11.8 Å². The van der Waals surface area contributed by atoms with Gasteiger partial charge < -0.3 is 9.84 Å². The summed E-state index contributed by atoms with van der Waals surface area (Å²) in [5, 5.41) is 10.9. The number of hydrogen-bond donors (Lipinski definition) is 1. The van der Waals surface area contributed by atoms with Gasteiger partial charge in [-0.1, -0.05) is 19.3 Å². The largest absolute Gasteiger partial charge is 0.392 e. The maximum absolute atomic E-state index is 10.1. The van der Waals surface area contributed by atoms with E-state index in [9.17, 15) is 5.11 Å². The molecule has 2 aliphatic rings. The van der Waals surface area contributed by atoms with E-state index in [1.54, 1.807) is 0 Å². The van der Waals surface area contributed by atoms with Crippen LogP contribution in [0.2, 0.25) is 0 Å². The summed E-state index contributed by atoms with van der Waals surface area (Å²) >= 11 is 2.01. The normalized spacial score (nSPS) is 25.9. The van der Waals surface area contributed by atoms with Crippen molar-refractivity contribution in [1.29, 1.82) is 0 Å². The van der Waals surface area contributed by atoms with Crippen molar-refractivity contribution in [2.24, 2.45) is 5.92 Å². The summed E-state index contributed by atoms with van der Waals surface area (Å²) in [4.78, 5) is 0. The Bertz CT molecular complexity index is 198. The van der Waals surface area contributed by atoms with Crippen LogP contribution >= 0.6 is 11.8 Å². The van der Waals surface area contributed by atoms with Gasteiger partial charge >= 0.3 is 0 Å². The van der Waals surface area contributed by atoms with Crippen LogP contribution in [0.15, 0.2) is 0 Å². The monoisotopic (exact) mass is 258 g/mol. The van der Waals surface area contributed by atoms with Crippen LogP contribution in [0.25, 0.3) is 0 Å². The van der Waals surface area contributed by atoms with Gasteiger partial charge in [-0.15, -0.1) is 0 Å². The van der Waals surface area contributed by atoms with Crippen molar-refractivity contribution < 1.29 is 9.84 Å². The zero-order chi connectivity index (χ0) is 11.9. The number of ether oxygens (including phenoxy) is 1. The minimum atomic E-state index is -0.0926. The topological polar surface area (TPSA) is 29.5 Å². The van der Waals surface area contributed by atoms with Gasteiger partial charge in [-0.2, -0.15) is 11.8 Å². The van der Waals surface area contributed by atoms with Gasteiger partial charge in [0, 0.05) is 24.2 Å². The molecule has 0 spiro atoms. The average Bonchev–Trinajstić information content (AvgIpc) is 2.39. The van der Waals surface area contributed by atoms with Crippen molar-refractivity contribution in [1.82, 2.24) is 0 Å². The quantitative estimate of drug-likeness (QED) is 0.821. The molecule has 3 heteroatoms. The van der Waals surface area contributed by atoms with Crippen LogP contribution in [0.5, 0.6) is 0 Å². The fourth-order valence-electron chi connectivity index (χ4n) is 2.91. The lowest BCUT2D eigenvalue weighted by Gasteiger charge is -2.26. The minimum Gasteiger partial charge on any atom is -0.392 e. The van der Waals surface area contributed by atoms with Crippen molar-refractivity contribution in [3.63, 3.8) is 0 Å². The molecule has 2 nitrogen and oxygen atoms in total. The lowest BCUT2D eigenvalue weighted by atomic mass is 9.94. The summed E-state index contributed by atoms with van der Waals surface area (Å²) in [6.07, 6.45) is 10.1. The molecule has 0 bridgehead atoms. The molecule has 1 saturated carbocycles. The van der Waals surface area contributed by atoms with Crippen LogP contribution in [-0.2, 0) is 4.74 Å². The molecule has 0 aromatic carbocycles. The van der Waals surface area contributed by atoms with Gasteiger partial charge in [0.1, 0.15) is 0 Å². The lowest BCUT2D eigenvalue weighted by molar-refractivity contribution is 0.0478. The first-order valence-corrected chi connectivity index (χ1v) is 8.27. The average molecular weight is 258 g/mol. The van der Waals surface area contributed by atoms with Crippen molar-refractivity contribution in [3.8, 4) is 0 Å². The highest BCUT2D eigenvalue weighted by Crippen LogP contribution is 2.30. The predicted molar refractivity (Wildman–Crippen MR) is 73.5 cm³/mol. The SMILES string of the molecule is OC(CSC1CCCCC1)CC1CCOCC1. The zero-order valence-corrected chi connectivity index (χ0v) is 11.6. The number of hydrogen-bond acceptors (Lipinski definition) is 3. The molecule has 100 valence electrons. The van der Waals surface area contributed by atoms with Crippen LogP contribution in [-0.4, -0.2) is 35.4 Å². The fourth-order valence-corrected chi connectivity index (χ4v) is 4.21. The van der Waals surface area contributed by atoms with Gasteiger partial charge in [0.25, 0.3) is 0 Å². The first-order valence-electron chi connectivity index (χ1n) is 7.22. The predicted octanol–water partition coefficient (Wildman–Crippen LogP) is 3.23. The van der Waals surface area contributed by atoms with Crippen molar-refractivity contribution in [2.75, 3.05) is 19.0 Å². The highest BCUT2D eigenvalue weighted by Gasteiger charge is 2.20. The van der Waals surface area contributed by atoms with Crippen molar-refractivity contribution in [2.45, 2.75) is 62.7 Å². The molecule has 1 heterocycles. The lowest BCUT2D eigenvalue weighted by Crippen LogP contribution is -2.23. The Balaban J connectivity index is 1.57. The summed E-state index contributed by atoms with van der Waals surface area (Å²) in [5.41, 5.74) is 0. The molecule has 1 saturated heterocycles. The van der Waals surface area contributed by atoms with Gasteiger partial charge in [0.05, 0.1) is 6.10 Å². The van der Waals surface area contributed by atoms with E-state index in [-0.39, 0.29) is 6.10 Å². The summed E-state index contributed by atoms with van der Waals surface area (Å²) in [6, 6.07) is 0. The van der Waals surface area contributed by atoms with Crippen LogP contribution in [0.4, 0.5) is 0 Å². The number of aliphatic hydroxyl groups excluding tert-OH is 1. The van der Waals surface area contributed by atoms with Gasteiger partial charge in [-0.3, -0.25) is 0 Å². The third-order valence-corrected chi connectivity index (χ3v) is 5.54. The van der Waals surface area contributed by atoms with Crippen LogP contribution < -0.4 is 0 Å². The molecule has 2 rings (SSSR count). The van der Waals surface area contributed by atoms with Gasteiger partial charge in [-0.05, 0) is 38.0 Å². The van der Waals surface area contributed by atoms with Crippen LogP contribution in [0.1, 0.15) is 51.4 Å². The molecule has 0 amide bonds. The Kier molecular flexibility index (Phi) is 6.16. The standard InChI is InChI=1S/C14H26O2S/c15-13(10-12-6-8-16-9-7-12)11-17-14-4-2-1-3-5-14/h12-15H,1-11H2. The summed E-state index contributed by atoms with van der Waals surface area (Å²) in [5.74, 6) is 1.65. The summed E-state index contributed by atoms with van der Waals surface area (Å²) in [7, 11) is 0. The summed E-state index contributed by atoms with van der Waals surface area (Å²) < 4.78 is 5.35. The second kappa shape index (κ2) is 7.65. The first-order chi connectivity index (χ1) is 8.34. The molecule has 17 heavy (non-hydrogen) atoms. The van der Waals surface area contributed by atoms with E-state index in [4.69, 9.17) is 4.74 Å². The Labute approximate surface area is 110 Å². The molecule has 0 aromatic heterocycles. The molecule has 1 aliphatic heterocycles. The van der Waals surface area contributed by atoms with E-state index in [1.165, 1.54) is 32.1 Å². The maximum Gasteiger partial charge on any atom is 0.0633 e. The number of rotatable bonds is 5. The summed E-state index contributed by atoms with van der Waals surface area (Å²) in [6.45, 7) is 1.79. The van der Waals surface area contributed by atoms with E-state index in [0.29, 0.717) is 5.92 Å². The van der Waals surface area contributed by atoms with E-state index >= 15 is 0 Å². The second-order valence-electron chi connectivity index (χ2n) is 5.54. The first kappa shape index (κ1) is 13.7. The molecular weight excluding hydrogens is 232 g/mol. The highest BCUT2D eigenvalue weighted by molar-refractivity contribution is 7.99.